The van der Waals surface area contributed by atoms with Crippen molar-refractivity contribution in [2.24, 2.45) is 0 Å². The van der Waals surface area contributed by atoms with Gasteiger partial charge < -0.3 is 5.32 Å². The van der Waals surface area contributed by atoms with Crippen LogP contribution in [0.1, 0.15) is 33.5 Å². The Hall–Kier alpha value is -1.15. The van der Waals surface area contributed by atoms with Crippen molar-refractivity contribution in [3.05, 3.63) is 34.4 Å². The van der Waals surface area contributed by atoms with Gasteiger partial charge in [0.05, 0.1) is 6.54 Å². The molecule has 0 aliphatic heterocycles. The number of aryl methyl sites for hydroxylation is 1. The van der Waals surface area contributed by atoms with Gasteiger partial charge >= 0.3 is 0 Å². The van der Waals surface area contributed by atoms with Gasteiger partial charge in [-0.25, -0.2) is 0 Å². The fourth-order valence-electron chi connectivity index (χ4n) is 2.40. The van der Waals surface area contributed by atoms with Gasteiger partial charge in [0, 0.05) is 5.56 Å². The minimum absolute atomic E-state index is 0.218. The van der Waals surface area contributed by atoms with Gasteiger partial charge in [-0.05, 0) is 49.9 Å². The molecule has 0 saturated heterocycles. The van der Waals surface area contributed by atoms with E-state index in [4.69, 9.17) is 0 Å². The van der Waals surface area contributed by atoms with Crippen LogP contribution < -0.4 is 5.32 Å². The van der Waals surface area contributed by atoms with E-state index in [1.165, 1.54) is 23.1 Å². The SMILES string of the molecule is CNCC(=O)c1ccc(C)c2c1CCC2. The second-order valence-electron chi connectivity index (χ2n) is 4.19. The zero-order chi connectivity index (χ0) is 10.8. The topological polar surface area (TPSA) is 29.1 Å². The molecule has 0 radical (unpaired) electrons. The summed E-state index contributed by atoms with van der Waals surface area (Å²) in [6.07, 6.45) is 3.41. The number of carbonyl (C=O) groups excluding carboxylic acids is 1. The van der Waals surface area contributed by atoms with E-state index in [1.54, 1.807) is 0 Å². The van der Waals surface area contributed by atoms with Crippen LogP contribution in [0.4, 0.5) is 0 Å². The third kappa shape index (κ3) is 1.82. The van der Waals surface area contributed by atoms with E-state index in [-0.39, 0.29) is 5.78 Å². The number of Topliss-reactive ketones (excluding diaryl/α,β-unsaturated/α-hetero) is 1. The van der Waals surface area contributed by atoms with E-state index in [9.17, 15) is 4.79 Å². The number of hydrogen-bond acceptors (Lipinski definition) is 2. The van der Waals surface area contributed by atoms with Crippen molar-refractivity contribution in [1.82, 2.24) is 5.32 Å². The van der Waals surface area contributed by atoms with E-state index in [2.05, 4.69) is 18.3 Å². The molecule has 1 aromatic rings. The lowest BCUT2D eigenvalue weighted by atomic mass is 9.96. The van der Waals surface area contributed by atoms with Crippen LogP contribution in [0.2, 0.25) is 0 Å². The van der Waals surface area contributed by atoms with Gasteiger partial charge in [-0.3, -0.25) is 4.79 Å². The third-order valence-electron chi connectivity index (χ3n) is 3.16. The van der Waals surface area contributed by atoms with Crippen LogP contribution >= 0.6 is 0 Å². The Morgan fingerprint density at radius 2 is 2.07 bits per heavy atom. The number of carbonyl (C=O) groups is 1. The standard InChI is InChI=1S/C13H17NO/c1-9-6-7-12(13(15)8-14-2)11-5-3-4-10(9)11/h6-7,14H,3-5,8H2,1-2H3. The average molecular weight is 203 g/mol. The molecule has 2 nitrogen and oxygen atoms in total. The molecule has 0 bridgehead atoms. The van der Waals surface area contributed by atoms with E-state index in [0.717, 1.165) is 18.4 Å². The first kappa shape index (κ1) is 10.4. The molecule has 80 valence electrons. The normalized spacial score (nSPS) is 14.0. The average Bonchev–Trinajstić information content (AvgIpc) is 2.68. The van der Waals surface area contributed by atoms with Gasteiger partial charge in [0.25, 0.3) is 0 Å². The molecule has 0 aromatic heterocycles. The van der Waals surface area contributed by atoms with Gasteiger partial charge in [0.1, 0.15) is 0 Å². The van der Waals surface area contributed by atoms with Gasteiger partial charge in [-0.1, -0.05) is 12.1 Å². The van der Waals surface area contributed by atoms with E-state index in [0.29, 0.717) is 6.54 Å². The van der Waals surface area contributed by atoms with E-state index >= 15 is 0 Å². The van der Waals surface area contributed by atoms with E-state index in [1.807, 2.05) is 13.1 Å². The molecule has 1 aliphatic rings. The summed E-state index contributed by atoms with van der Waals surface area (Å²) >= 11 is 0. The Morgan fingerprint density at radius 1 is 1.33 bits per heavy atom. The van der Waals surface area contributed by atoms with Crippen LogP contribution in [0.25, 0.3) is 0 Å². The molecule has 15 heavy (non-hydrogen) atoms. The lowest BCUT2D eigenvalue weighted by Crippen LogP contribution is -2.19. The number of ketones is 1. The van der Waals surface area contributed by atoms with Crippen LogP contribution in [-0.2, 0) is 12.8 Å². The predicted octanol–water partition coefficient (Wildman–Crippen LogP) is 1.89. The fourth-order valence-corrected chi connectivity index (χ4v) is 2.40. The summed E-state index contributed by atoms with van der Waals surface area (Å²) in [4.78, 5) is 11.9. The molecular formula is C13H17NO. The van der Waals surface area contributed by atoms with Crippen molar-refractivity contribution in [3.8, 4) is 0 Å². The van der Waals surface area contributed by atoms with Gasteiger partial charge in [0.2, 0.25) is 0 Å². The number of rotatable bonds is 3. The first-order chi connectivity index (χ1) is 7.24. The van der Waals surface area contributed by atoms with Crippen molar-refractivity contribution >= 4 is 5.78 Å². The van der Waals surface area contributed by atoms with Crippen molar-refractivity contribution < 1.29 is 4.79 Å². The summed E-state index contributed by atoms with van der Waals surface area (Å²) in [5.74, 6) is 0.218. The number of likely N-dealkylation sites (N-methyl/N-ethyl adjacent to an activating group) is 1. The molecular weight excluding hydrogens is 186 g/mol. The summed E-state index contributed by atoms with van der Waals surface area (Å²) in [6.45, 7) is 2.58. The zero-order valence-electron chi connectivity index (χ0n) is 9.39. The van der Waals surface area contributed by atoms with Gasteiger partial charge in [-0.2, -0.15) is 0 Å². The molecule has 0 heterocycles. The second kappa shape index (κ2) is 4.15. The van der Waals surface area contributed by atoms with Crippen LogP contribution in [0.5, 0.6) is 0 Å². The van der Waals surface area contributed by atoms with E-state index < -0.39 is 0 Å². The Balaban J connectivity index is 2.41. The summed E-state index contributed by atoms with van der Waals surface area (Å²) in [7, 11) is 1.81. The van der Waals surface area contributed by atoms with Crippen molar-refractivity contribution in [3.63, 3.8) is 0 Å². The highest BCUT2D eigenvalue weighted by Gasteiger charge is 2.19. The molecule has 1 N–H and O–H groups in total. The number of hydrogen-bond donors (Lipinski definition) is 1. The molecule has 0 fully saturated rings. The Bertz CT molecular complexity index is 396. The smallest absolute Gasteiger partial charge is 0.176 e. The summed E-state index contributed by atoms with van der Waals surface area (Å²) in [5, 5.41) is 2.92. The highest BCUT2D eigenvalue weighted by atomic mass is 16.1. The first-order valence-corrected chi connectivity index (χ1v) is 5.53. The molecule has 2 rings (SSSR count). The highest BCUT2D eigenvalue weighted by molar-refractivity contribution is 5.99. The van der Waals surface area contributed by atoms with Crippen LogP contribution in [-0.4, -0.2) is 19.4 Å². The molecule has 0 atom stereocenters. The van der Waals surface area contributed by atoms with Crippen molar-refractivity contribution in [1.29, 1.82) is 0 Å². The quantitative estimate of drug-likeness (QED) is 0.760. The molecule has 0 amide bonds. The minimum Gasteiger partial charge on any atom is -0.313 e. The maximum absolute atomic E-state index is 11.9. The summed E-state index contributed by atoms with van der Waals surface area (Å²) in [5.41, 5.74) is 4.98. The van der Waals surface area contributed by atoms with Gasteiger partial charge in [-0.15, -0.1) is 0 Å². The molecule has 2 heteroatoms. The molecule has 1 aliphatic carbocycles. The third-order valence-corrected chi connectivity index (χ3v) is 3.16. The van der Waals surface area contributed by atoms with Crippen LogP contribution in [0.15, 0.2) is 12.1 Å². The molecule has 0 saturated carbocycles. The Kier molecular flexibility index (Phi) is 2.87. The maximum atomic E-state index is 11.9. The first-order valence-electron chi connectivity index (χ1n) is 5.53. The molecule has 0 unspecified atom stereocenters. The fraction of sp³-hybridized carbons (Fsp3) is 0.462. The summed E-state index contributed by atoms with van der Waals surface area (Å²) in [6, 6.07) is 4.06. The van der Waals surface area contributed by atoms with Crippen LogP contribution in [0, 0.1) is 6.92 Å². The van der Waals surface area contributed by atoms with Crippen molar-refractivity contribution in [2.75, 3.05) is 13.6 Å². The van der Waals surface area contributed by atoms with Crippen molar-refractivity contribution in [2.45, 2.75) is 26.2 Å². The van der Waals surface area contributed by atoms with Crippen LogP contribution in [0.3, 0.4) is 0 Å². The second-order valence-corrected chi connectivity index (χ2v) is 4.19. The lowest BCUT2D eigenvalue weighted by Gasteiger charge is -2.09. The Labute approximate surface area is 90.7 Å². The zero-order valence-corrected chi connectivity index (χ0v) is 9.39. The monoisotopic (exact) mass is 203 g/mol. The number of benzene rings is 1. The lowest BCUT2D eigenvalue weighted by molar-refractivity contribution is 0.0993. The number of nitrogens with one attached hydrogen (secondary N) is 1. The molecule has 1 aromatic carbocycles. The Morgan fingerprint density at radius 3 is 2.80 bits per heavy atom. The number of fused-ring (bicyclic) bond motifs is 1. The molecule has 0 spiro atoms. The largest absolute Gasteiger partial charge is 0.313 e. The van der Waals surface area contributed by atoms with Gasteiger partial charge in [0.15, 0.2) is 5.78 Å². The summed E-state index contributed by atoms with van der Waals surface area (Å²) < 4.78 is 0. The minimum atomic E-state index is 0.218. The maximum Gasteiger partial charge on any atom is 0.176 e. The predicted molar refractivity (Wildman–Crippen MR) is 61.5 cm³/mol. The highest BCUT2D eigenvalue weighted by Crippen LogP contribution is 2.28.